The molecule has 7 aromatic carbocycles. The Labute approximate surface area is 289 Å². The molecule has 0 amide bonds. The van der Waals surface area contributed by atoms with Crippen molar-refractivity contribution in [2.45, 2.75) is 0 Å². The number of aromatic amines is 1. The topological polar surface area (TPSA) is 46.5 Å². The number of benzene rings is 7. The van der Waals surface area contributed by atoms with Crippen LogP contribution in [0.3, 0.4) is 0 Å². The van der Waals surface area contributed by atoms with E-state index in [0.29, 0.717) is 0 Å². The number of pyridine rings is 1. The van der Waals surface area contributed by atoms with Gasteiger partial charge >= 0.3 is 0 Å². The molecule has 4 nitrogen and oxygen atoms in total. The lowest BCUT2D eigenvalue weighted by Crippen LogP contribution is -1.97. The summed E-state index contributed by atoms with van der Waals surface area (Å²) in [6.07, 6.45) is 1.91. The minimum Gasteiger partial charge on any atom is -0.354 e. The summed E-state index contributed by atoms with van der Waals surface area (Å²) in [5, 5.41) is 4.73. The number of aromatic nitrogens is 4. The van der Waals surface area contributed by atoms with E-state index in [2.05, 4.69) is 173 Å². The lowest BCUT2D eigenvalue weighted by Gasteiger charge is -2.13. The number of imidazole rings is 1. The molecule has 0 unspecified atom stereocenters. The van der Waals surface area contributed by atoms with Crippen molar-refractivity contribution in [3.8, 4) is 50.6 Å². The first kappa shape index (κ1) is 28.3. The van der Waals surface area contributed by atoms with E-state index in [-0.39, 0.29) is 0 Å². The third-order valence-electron chi connectivity index (χ3n) is 9.80. The smallest absolute Gasteiger partial charge is 0.147 e. The quantitative estimate of drug-likeness (QED) is 0.204. The molecular weight excluding hydrogens is 609 g/mol. The van der Waals surface area contributed by atoms with Gasteiger partial charge in [0.15, 0.2) is 0 Å². The second-order valence-corrected chi connectivity index (χ2v) is 12.7. The molecule has 3 heterocycles. The van der Waals surface area contributed by atoms with Crippen LogP contribution in [0.1, 0.15) is 0 Å². The third-order valence-corrected chi connectivity index (χ3v) is 9.80. The standard InChI is InChI=1S/C46H30N4/c1-3-13-30(14-4-1)31-25-26-47-42(29-31)40-28-33(27-32-15-7-8-18-35(32)40)36-20-12-24-43-45(36)49-46(50(43)34-16-5-2-6-17-34)39-22-11-21-38-37-19-9-10-23-41(37)48-44(38)39/h1-29,48H. The second kappa shape index (κ2) is 11.4. The molecule has 0 fully saturated rings. The molecule has 0 saturated heterocycles. The molecule has 0 saturated carbocycles. The van der Waals surface area contributed by atoms with E-state index in [9.17, 15) is 0 Å². The fourth-order valence-electron chi connectivity index (χ4n) is 7.48. The normalized spacial score (nSPS) is 11.6. The van der Waals surface area contributed by atoms with Crippen LogP contribution in [0.5, 0.6) is 0 Å². The molecule has 3 aromatic heterocycles. The Bertz CT molecular complexity index is 2860. The summed E-state index contributed by atoms with van der Waals surface area (Å²) in [5.41, 5.74) is 12.9. The van der Waals surface area contributed by atoms with Gasteiger partial charge in [0.25, 0.3) is 0 Å². The van der Waals surface area contributed by atoms with Gasteiger partial charge in [0.1, 0.15) is 5.82 Å². The monoisotopic (exact) mass is 638 g/mol. The Morgan fingerprint density at radius 1 is 0.480 bits per heavy atom. The van der Waals surface area contributed by atoms with E-state index in [1.165, 1.54) is 21.7 Å². The zero-order valence-electron chi connectivity index (χ0n) is 27.1. The van der Waals surface area contributed by atoms with E-state index in [0.717, 1.165) is 72.5 Å². The molecule has 4 heteroatoms. The molecule has 0 atom stereocenters. The third kappa shape index (κ3) is 4.54. The van der Waals surface area contributed by atoms with Crippen LogP contribution in [0.2, 0.25) is 0 Å². The predicted octanol–water partition coefficient (Wildman–Crippen LogP) is 11.9. The summed E-state index contributed by atoms with van der Waals surface area (Å²) >= 11 is 0. The van der Waals surface area contributed by atoms with Gasteiger partial charge in [-0.1, -0.05) is 115 Å². The van der Waals surface area contributed by atoms with Crippen LogP contribution in [-0.2, 0) is 0 Å². The molecule has 234 valence electrons. The van der Waals surface area contributed by atoms with Gasteiger partial charge in [-0.25, -0.2) is 4.98 Å². The highest BCUT2D eigenvalue weighted by molar-refractivity contribution is 6.12. The molecule has 0 aliphatic rings. The van der Waals surface area contributed by atoms with E-state index in [1.54, 1.807) is 0 Å². The Balaban J connectivity index is 1.23. The number of fused-ring (bicyclic) bond motifs is 5. The van der Waals surface area contributed by atoms with Crippen LogP contribution in [0.15, 0.2) is 176 Å². The highest BCUT2D eigenvalue weighted by Crippen LogP contribution is 2.40. The van der Waals surface area contributed by atoms with Crippen LogP contribution in [0, 0.1) is 0 Å². The lowest BCUT2D eigenvalue weighted by molar-refractivity contribution is 1.10. The molecule has 10 rings (SSSR count). The van der Waals surface area contributed by atoms with Gasteiger partial charge in [-0.15, -0.1) is 0 Å². The average Bonchev–Trinajstić information content (AvgIpc) is 3.77. The largest absolute Gasteiger partial charge is 0.354 e. The maximum absolute atomic E-state index is 5.52. The number of H-pyrrole nitrogens is 1. The summed E-state index contributed by atoms with van der Waals surface area (Å²) in [6, 6.07) is 60.0. The van der Waals surface area contributed by atoms with E-state index in [4.69, 9.17) is 9.97 Å². The van der Waals surface area contributed by atoms with E-state index >= 15 is 0 Å². The van der Waals surface area contributed by atoms with Crippen LogP contribution in [0.4, 0.5) is 0 Å². The molecular formula is C46H30N4. The number of hydrogen-bond donors (Lipinski definition) is 1. The minimum absolute atomic E-state index is 0.897. The SMILES string of the molecule is c1ccc(-c2ccnc(-c3cc(-c4cccc5c4nc(-c4cccc6c4[nH]c4ccccc46)n5-c4ccccc4)cc4ccccc34)c2)cc1. The van der Waals surface area contributed by atoms with Crippen molar-refractivity contribution in [3.05, 3.63) is 176 Å². The Hall–Kier alpha value is -6.78. The van der Waals surface area contributed by atoms with Crippen molar-refractivity contribution < 1.29 is 0 Å². The van der Waals surface area contributed by atoms with Crippen LogP contribution in [0.25, 0.3) is 94.2 Å². The zero-order valence-corrected chi connectivity index (χ0v) is 27.1. The van der Waals surface area contributed by atoms with Crippen molar-refractivity contribution in [3.63, 3.8) is 0 Å². The Kier molecular flexibility index (Phi) is 6.46. The molecule has 0 aliphatic heterocycles. The molecule has 0 aliphatic carbocycles. The van der Waals surface area contributed by atoms with Gasteiger partial charge in [0.05, 0.1) is 22.2 Å². The zero-order chi connectivity index (χ0) is 33.0. The molecule has 1 N–H and O–H groups in total. The first-order valence-electron chi connectivity index (χ1n) is 16.9. The minimum atomic E-state index is 0.897. The predicted molar refractivity (Wildman–Crippen MR) is 207 cm³/mol. The Morgan fingerprint density at radius 2 is 1.20 bits per heavy atom. The number of rotatable bonds is 5. The first-order valence-corrected chi connectivity index (χ1v) is 16.9. The van der Waals surface area contributed by atoms with Gasteiger partial charge in [0, 0.05) is 44.9 Å². The maximum Gasteiger partial charge on any atom is 0.147 e. The first-order chi connectivity index (χ1) is 24.8. The molecule has 0 radical (unpaired) electrons. The summed E-state index contributed by atoms with van der Waals surface area (Å²) in [7, 11) is 0. The van der Waals surface area contributed by atoms with Gasteiger partial charge in [-0.05, 0) is 82.1 Å². The fourth-order valence-corrected chi connectivity index (χ4v) is 7.48. The highest BCUT2D eigenvalue weighted by atomic mass is 15.1. The lowest BCUT2D eigenvalue weighted by atomic mass is 9.93. The highest BCUT2D eigenvalue weighted by Gasteiger charge is 2.21. The number of hydrogen-bond acceptors (Lipinski definition) is 2. The molecule has 10 aromatic rings. The maximum atomic E-state index is 5.52. The number of para-hydroxylation sites is 4. The second-order valence-electron chi connectivity index (χ2n) is 12.7. The number of nitrogens with zero attached hydrogens (tertiary/aromatic N) is 3. The summed E-state index contributed by atoms with van der Waals surface area (Å²) in [4.78, 5) is 14.1. The van der Waals surface area contributed by atoms with Crippen molar-refractivity contribution in [1.29, 1.82) is 0 Å². The summed E-state index contributed by atoms with van der Waals surface area (Å²) in [5.74, 6) is 0.897. The molecule has 50 heavy (non-hydrogen) atoms. The fraction of sp³-hybridized carbons (Fsp3) is 0. The summed E-state index contributed by atoms with van der Waals surface area (Å²) in [6.45, 7) is 0. The number of nitrogens with one attached hydrogen (secondary N) is 1. The summed E-state index contributed by atoms with van der Waals surface area (Å²) < 4.78 is 2.30. The van der Waals surface area contributed by atoms with Crippen molar-refractivity contribution in [2.24, 2.45) is 0 Å². The van der Waals surface area contributed by atoms with Crippen molar-refractivity contribution in [2.75, 3.05) is 0 Å². The van der Waals surface area contributed by atoms with E-state index < -0.39 is 0 Å². The average molecular weight is 639 g/mol. The van der Waals surface area contributed by atoms with Gasteiger partial charge < -0.3 is 4.98 Å². The molecule has 0 spiro atoms. The van der Waals surface area contributed by atoms with Crippen molar-refractivity contribution >= 4 is 43.6 Å². The van der Waals surface area contributed by atoms with Gasteiger partial charge in [0.2, 0.25) is 0 Å². The van der Waals surface area contributed by atoms with Crippen LogP contribution in [-0.4, -0.2) is 19.5 Å². The van der Waals surface area contributed by atoms with Crippen LogP contribution < -0.4 is 0 Å². The van der Waals surface area contributed by atoms with Crippen molar-refractivity contribution in [1.82, 2.24) is 19.5 Å². The Morgan fingerprint density at radius 3 is 2.08 bits per heavy atom. The van der Waals surface area contributed by atoms with Crippen LogP contribution >= 0.6 is 0 Å². The molecule has 0 bridgehead atoms. The van der Waals surface area contributed by atoms with Gasteiger partial charge in [-0.3, -0.25) is 9.55 Å². The van der Waals surface area contributed by atoms with E-state index in [1.807, 2.05) is 12.3 Å². The van der Waals surface area contributed by atoms with Gasteiger partial charge in [-0.2, -0.15) is 0 Å².